The van der Waals surface area contributed by atoms with Crippen molar-refractivity contribution in [2.24, 2.45) is 14.1 Å². The molecule has 150 heavy (non-hydrogen) atoms. The van der Waals surface area contributed by atoms with Gasteiger partial charge in [0.25, 0.3) is 33.4 Å². The number of nitrogens with one attached hydrogen (secondary N) is 5. The van der Waals surface area contributed by atoms with Gasteiger partial charge in [0.1, 0.15) is 10.8 Å². The molecular weight excluding hydrogens is 2420 g/mol. The van der Waals surface area contributed by atoms with Crippen molar-refractivity contribution in [3.63, 3.8) is 0 Å². The van der Waals surface area contributed by atoms with Crippen molar-refractivity contribution in [3.05, 3.63) is 318 Å². The Hall–Kier alpha value is -13.0. The van der Waals surface area contributed by atoms with Crippen LogP contribution in [-0.2, 0) is 18.8 Å². The number of thiophene rings is 11. The number of aryl methyl sites for hydroxylation is 2. The number of carbonyl (C=O) groups is 9. The molecule has 0 bridgehead atoms. The van der Waals surface area contributed by atoms with Gasteiger partial charge in [-0.1, -0.05) is 11.6 Å². The third-order valence-corrected chi connectivity index (χ3v) is 35.2. The zero-order valence-electron chi connectivity index (χ0n) is 79.9. The van der Waals surface area contributed by atoms with Crippen LogP contribution in [0.4, 0.5) is 4.79 Å². The molecule has 1 atom stereocenters. The lowest BCUT2D eigenvalue weighted by atomic mass is 10.2. The monoisotopic (exact) mass is 2500 g/mol. The van der Waals surface area contributed by atoms with Crippen LogP contribution < -0.4 is 57.6 Å². The van der Waals surface area contributed by atoms with Gasteiger partial charge in [-0.25, -0.2) is 29.7 Å². The van der Waals surface area contributed by atoms with Crippen molar-refractivity contribution >= 4 is 367 Å². The van der Waals surface area contributed by atoms with Crippen molar-refractivity contribution in [3.8, 4) is 23.5 Å². The molecule has 0 spiro atoms. The van der Waals surface area contributed by atoms with Crippen LogP contribution in [0.25, 0.3) is 111 Å². The molecule has 1 aliphatic heterocycles. The van der Waals surface area contributed by atoms with E-state index in [0.29, 0.717) is 106 Å². The summed E-state index contributed by atoms with van der Waals surface area (Å²) in [6.45, 7) is 10.0. The maximum atomic E-state index is 11.6. The Morgan fingerprint density at radius 3 is 1.00 bits per heavy atom. The van der Waals surface area contributed by atoms with E-state index < -0.39 is 5.60 Å². The smallest absolute Gasteiger partial charge is 0.410 e. The highest BCUT2D eigenvalue weighted by Gasteiger charge is 2.26. The van der Waals surface area contributed by atoms with Crippen molar-refractivity contribution < 1.29 is 66.8 Å². The number of pyridine rings is 11. The fourth-order valence-electron chi connectivity index (χ4n) is 13.6. The lowest BCUT2D eigenvalue weighted by Gasteiger charge is -2.33. The highest BCUT2D eigenvalue weighted by Crippen LogP contribution is 2.37. The van der Waals surface area contributed by atoms with Gasteiger partial charge < -0.3 is 63.0 Å². The number of aromatic amines is 4. The van der Waals surface area contributed by atoms with Gasteiger partial charge in [0.2, 0.25) is 23.5 Å². The molecule has 23 rings (SSSR count). The number of ether oxygens (including phenoxy) is 5. The van der Waals surface area contributed by atoms with E-state index in [9.17, 15) is 71.9 Å². The Kier molecular flexibility index (Phi) is 42.5. The number of aldehydes is 8. The largest absolute Gasteiger partial charge is 0.481 e. The molecule has 33 nitrogen and oxygen atoms in total. The van der Waals surface area contributed by atoms with Gasteiger partial charge in [-0.2, -0.15) is 0 Å². The van der Waals surface area contributed by atoms with Crippen LogP contribution in [0, 0.1) is 0 Å². The molecule has 0 unspecified atom stereocenters. The summed E-state index contributed by atoms with van der Waals surface area (Å²) in [7, 11) is 9.79. The summed E-state index contributed by atoms with van der Waals surface area (Å²) in [4.78, 5) is 201. The molecule has 772 valence electrons. The van der Waals surface area contributed by atoms with Crippen molar-refractivity contribution in [1.82, 2.24) is 64.2 Å². The first-order chi connectivity index (χ1) is 72.1. The van der Waals surface area contributed by atoms with Gasteiger partial charge in [0, 0.05) is 146 Å². The maximum Gasteiger partial charge on any atom is 0.410 e. The molecule has 0 aliphatic carbocycles. The Morgan fingerprint density at radius 2 is 0.673 bits per heavy atom. The highest BCUT2D eigenvalue weighted by atomic mass is 79.9. The number of piperazine rings is 1. The Bertz CT molecular complexity index is 8580. The highest BCUT2D eigenvalue weighted by molar-refractivity contribution is 9.11. The summed E-state index contributed by atoms with van der Waals surface area (Å²) in [6.07, 6.45) is 24.3. The van der Waals surface area contributed by atoms with Crippen molar-refractivity contribution in [1.29, 1.82) is 0 Å². The molecule has 1 aliphatic rings. The molecule has 1 saturated heterocycles. The summed E-state index contributed by atoms with van der Waals surface area (Å²) in [6, 6.07) is 32.9. The molecule has 22 aromatic rings. The molecule has 49 heteroatoms. The van der Waals surface area contributed by atoms with Gasteiger partial charge in [-0.15, -0.1) is 125 Å². The summed E-state index contributed by atoms with van der Waals surface area (Å²) in [5.41, 5.74) is -1.16. The third kappa shape index (κ3) is 30.1. The lowest BCUT2D eigenvalue weighted by molar-refractivity contribution is 0.0200. The SMILES string of the molecule is COc1nccc2sc(C=O)cc12.COc1nccc2sc(C=O)cc12.COc1nccc2sccc12.COc1nccc2sccc12.C[C@@H]1CN(C(=O)OC(C)(C)C)CCN1.Clc1nccc2sccc12.Cn1cc(Br)c2sc(C=O)cc2c1=O.Cn1cc(Br)c2sc(C=O)cc2c1=O.O=Cc1cc2c(=O)[nH]cc(Br)c2s1.O=Cc1cc2c(=O)[nH]cc(Br)c2s1.O=Cc1cc2c(=O)[nH]ccc2s1.O=Cc1cc2c(=O)[nH]ccc2s1. The lowest BCUT2D eigenvalue weighted by Crippen LogP contribution is -2.52. The van der Waals surface area contributed by atoms with E-state index in [1.54, 1.807) is 210 Å². The second-order valence-electron chi connectivity index (χ2n) is 31.5. The molecule has 5 N–H and O–H groups in total. The number of carbonyl (C=O) groups excluding carboxylic acids is 9. The van der Waals surface area contributed by atoms with E-state index in [1.165, 1.54) is 114 Å². The molecular formula is C101H82Br4ClN13O20S11. The number of fused-ring (bicyclic) bond motifs is 11. The van der Waals surface area contributed by atoms with Crippen LogP contribution >= 0.6 is 200 Å². The Labute approximate surface area is 931 Å². The molecule has 0 saturated carbocycles. The Balaban J connectivity index is 0.000000145. The zero-order valence-corrected chi connectivity index (χ0v) is 96.0. The predicted octanol–water partition coefficient (Wildman–Crippen LogP) is 24.5. The number of hydrogen-bond donors (Lipinski definition) is 5. The fourth-order valence-corrected chi connectivity index (χ4v) is 25.8. The Morgan fingerprint density at radius 1 is 0.380 bits per heavy atom. The van der Waals surface area contributed by atoms with Gasteiger partial charge in [0.15, 0.2) is 50.3 Å². The van der Waals surface area contributed by atoms with Crippen LogP contribution in [0.2, 0.25) is 5.15 Å². The molecule has 1 amide bonds. The number of methoxy groups -OCH3 is 4. The average Bonchev–Trinajstić information content (AvgIpc) is 1.64. The fraction of sp³-hybridized carbons (Fsp3) is 0.149. The van der Waals surface area contributed by atoms with E-state index in [2.05, 4.69) is 121 Å². The van der Waals surface area contributed by atoms with Gasteiger partial charge >= 0.3 is 6.09 Å². The normalized spacial score (nSPS) is 11.6. The van der Waals surface area contributed by atoms with Gasteiger partial charge in [-0.05, 0) is 217 Å². The minimum atomic E-state index is -0.398. The van der Waals surface area contributed by atoms with Gasteiger partial charge in [0.05, 0.1) is 158 Å². The van der Waals surface area contributed by atoms with Crippen molar-refractivity contribution in [2.45, 2.75) is 39.3 Å². The number of aromatic nitrogens is 11. The molecule has 1 fully saturated rings. The number of halogens is 5. The molecule has 22 aromatic heterocycles. The number of amides is 1. The van der Waals surface area contributed by atoms with Crippen molar-refractivity contribution in [2.75, 3.05) is 48.1 Å². The molecule has 0 radical (unpaired) electrons. The first-order valence-electron chi connectivity index (χ1n) is 43.4. The standard InChI is InChI=1S/C10H20N2O2.2C9H6BrNO2S.2C9H7NO2S.2C8H4BrNO2S.2C8H5NO2S.2C8H7NOS.C7H4ClNS/c1-8-7-12(6-5-11-8)9(13)14-10(2,3)4;2*1-11-3-7(10)8-6(9(11)13)2-5(4-12)14-8;2*1-12-9-7-4-6(5-11)13-8(7)2-3-10-9;2*9-6-2-10-8(12)5-1-4(3-11)13-7(5)6;2*10-4-5-3-6-7(12-5)1-2-9-8(6)11;2*1-10-8-6-3-5-11-7(6)2-4-9-8;8-7-5-2-4-10-6(5)1-3-9-7/h8,11H,5-7H2,1-4H3;2*2-4H,1H3;2*2-5H,1H3;2*1-3H,(H,10,12);2*1-4H,(H,9,11);2*2-5H,1H3;1-4H/t8-;;;;;;;;;;;/m1.........../s1. The van der Waals surface area contributed by atoms with E-state index in [1.807, 2.05) is 85.4 Å². The van der Waals surface area contributed by atoms with Crippen LogP contribution in [0.5, 0.6) is 23.5 Å². The van der Waals surface area contributed by atoms with E-state index in [4.69, 9.17) is 35.3 Å². The first kappa shape index (κ1) is 116. The van der Waals surface area contributed by atoms with Crippen LogP contribution in [0.3, 0.4) is 0 Å². The summed E-state index contributed by atoms with van der Waals surface area (Å²) < 4.78 is 42.5. The van der Waals surface area contributed by atoms with Crippen LogP contribution in [0.15, 0.2) is 240 Å². The first-order valence-corrected chi connectivity index (χ1v) is 56.1. The number of H-pyrrole nitrogens is 4. The minimum absolute atomic E-state index is 0.0763. The van der Waals surface area contributed by atoms with Crippen LogP contribution in [0.1, 0.15) is 105 Å². The topological polar surface area (TPSA) is 455 Å². The third-order valence-electron chi connectivity index (χ3n) is 20.3. The number of rotatable bonds is 12. The average molecular weight is 2510 g/mol. The summed E-state index contributed by atoms with van der Waals surface area (Å²) >= 11 is 34.9. The second kappa shape index (κ2) is 55.2. The summed E-state index contributed by atoms with van der Waals surface area (Å²) in [5.74, 6) is 2.57. The predicted molar refractivity (Wildman–Crippen MR) is 622 cm³/mol. The minimum Gasteiger partial charge on any atom is -0.481 e. The second-order valence-corrected chi connectivity index (χ2v) is 46.9. The van der Waals surface area contributed by atoms with Crippen LogP contribution in [-0.4, -0.2) is 175 Å². The van der Waals surface area contributed by atoms with E-state index in [-0.39, 0.29) is 39.4 Å². The number of hydrogen-bond acceptors (Lipinski definition) is 37. The zero-order chi connectivity index (χ0) is 108. The maximum absolute atomic E-state index is 11.6. The molecule has 0 aromatic carbocycles. The quantitative estimate of drug-likeness (QED) is 0.0560. The number of nitrogens with zero attached hydrogens (tertiary/aromatic N) is 8. The van der Waals surface area contributed by atoms with E-state index >= 15 is 0 Å². The van der Waals surface area contributed by atoms with Gasteiger partial charge in [-0.3, -0.25) is 67.1 Å². The molecule has 23 heterocycles. The summed E-state index contributed by atoms with van der Waals surface area (Å²) in [5, 5.41) is 18.5. The van der Waals surface area contributed by atoms with E-state index in [0.717, 1.165) is 152 Å².